The molecule has 0 amide bonds. The molecule has 67 valence electrons. The topological polar surface area (TPSA) is 52.0 Å². The van der Waals surface area contributed by atoms with Gasteiger partial charge < -0.3 is 15.1 Å². The van der Waals surface area contributed by atoms with Crippen molar-refractivity contribution in [2.24, 2.45) is 0 Å². The molecule has 0 aliphatic carbocycles. The van der Waals surface area contributed by atoms with Crippen LogP contribution in [0.15, 0.2) is 34.9 Å². The van der Waals surface area contributed by atoms with E-state index in [9.17, 15) is 0 Å². The average Bonchev–Trinajstić information content (AvgIpc) is 2.56. The summed E-state index contributed by atoms with van der Waals surface area (Å²) < 4.78 is 4.73. The van der Waals surface area contributed by atoms with E-state index >= 15 is 0 Å². The first-order valence-electron chi connectivity index (χ1n) is 3.54. The van der Waals surface area contributed by atoms with Gasteiger partial charge in [0.25, 0.3) is 0 Å². The second-order valence-corrected chi connectivity index (χ2v) is 2.45. The van der Waals surface area contributed by atoms with Crippen LogP contribution in [-0.4, -0.2) is 4.98 Å². The van der Waals surface area contributed by atoms with Gasteiger partial charge in [-0.05, 0) is 24.1 Å². The Balaban J connectivity index is 0.000000845. The van der Waals surface area contributed by atoms with E-state index < -0.39 is 0 Å². The molecule has 1 aromatic carbocycles. The summed E-state index contributed by atoms with van der Waals surface area (Å²) in [6, 6.07) is 7.46. The van der Waals surface area contributed by atoms with Crippen LogP contribution < -0.4 is 5.73 Å². The van der Waals surface area contributed by atoms with E-state index in [2.05, 4.69) is 11.4 Å². The van der Waals surface area contributed by atoms with Crippen LogP contribution in [0.5, 0.6) is 0 Å². The number of oxazole rings is 1. The average molecular weight is 345 g/mol. The number of nitrogens with zero attached hydrogens (tertiary/aromatic N) is 1. The summed E-state index contributed by atoms with van der Waals surface area (Å²) in [7, 11) is 0. The summed E-state index contributed by atoms with van der Waals surface area (Å²) in [6.45, 7) is 0. The zero-order valence-electron chi connectivity index (χ0n) is 6.70. The largest absolute Gasteiger partial charge is 0.581 e. The van der Waals surface area contributed by atoms with Gasteiger partial charge in [0.1, 0.15) is 6.39 Å². The van der Waals surface area contributed by atoms with Crippen LogP contribution in [0, 0.1) is 6.39 Å². The number of hydrogen-bond acceptors (Lipinski definition) is 3. The summed E-state index contributed by atoms with van der Waals surface area (Å²) >= 11 is 0. The molecular formula is C9H7N2ORe-. The molecule has 0 aliphatic heterocycles. The van der Waals surface area contributed by atoms with Crippen LogP contribution in [0.3, 0.4) is 0 Å². The third-order valence-electron chi connectivity index (χ3n) is 1.57. The van der Waals surface area contributed by atoms with Gasteiger partial charge in [-0.25, -0.2) is 0 Å². The molecule has 1 radical (unpaired) electrons. The SMILES string of the molecule is Nc1cccc(-c2co[c-]n2)c1.[Re]. The molecule has 3 nitrogen and oxygen atoms in total. The van der Waals surface area contributed by atoms with Gasteiger partial charge in [0.05, 0.1) is 0 Å². The van der Waals surface area contributed by atoms with Gasteiger partial charge in [0.2, 0.25) is 0 Å². The number of nitrogen functional groups attached to an aromatic ring is 1. The number of hydrogen-bond donors (Lipinski definition) is 1. The first-order valence-corrected chi connectivity index (χ1v) is 3.54. The maximum absolute atomic E-state index is 5.60. The number of rotatable bonds is 1. The van der Waals surface area contributed by atoms with E-state index in [0.29, 0.717) is 0 Å². The Morgan fingerprint density at radius 1 is 1.38 bits per heavy atom. The number of anilines is 1. The van der Waals surface area contributed by atoms with E-state index in [-0.39, 0.29) is 20.4 Å². The normalized spacial score (nSPS) is 9.23. The summed E-state index contributed by atoms with van der Waals surface area (Å²) in [5.41, 5.74) is 8.01. The molecule has 2 rings (SSSR count). The van der Waals surface area contributed by atoms with Gasteiger partial charge in [-0.3, -0.25) is 0 Å². The maximum atomic E-state index is 5.60. The third kappa shape index (κ3) is 2.18. The summed E-state index contributed by atoms with van der Waals surface area (Å²) in [5.74, 6) is 0. The van der Waals surface area contributed by atoms with Gasteiger partial charge in [-0.15, -0.1) is 0 Å². The Kier molecular flexibility index (Phi) is 3.24. The minimum absolute atomic E-state index is 0. The Bertz CT molecular complexity index is 373. The third-order valence-corrected chi connectivity index (χ3v) is 1.57. The minimum Gasteiger partial charge on any atom is -0.581 e. The van der Waals surface area contributed by atoms with Crippen LogP contribution in [-0.2, 0) is 20.4 Å². The fraction of sp³-hybridized carbons (Fsp3) is 0. The smallest absolute Gasteiger partial charge is 0.102 e. The van der Waals surface area contributed by atoms with Crippen molar-refractivity contribution in [3.63, 3.8) is 0 Å². The van der Waals surface area contributed by atoms with Crippen molar-refractivity contribution in [3.8, 4) is 11.3 Å². The Labute approximate surface area is 89.6 Å². The van der Waals surface area contributed by atoms with Crippen LogP contribution in [0.4, 0.5) is 5.69 Å². The van der Waals surface area contributed by atoms with Crippen molar-refractivity contribution < 1.29 is 24.8 Å². The molecule has 0 atom stereocenters. The van der Waals surface area contributed by atoms with Crippen LogP contribution >= 0.6 is 0 Å². The standard InChI is InChI=1S/C9H7N2O.Re/c10-8-3-1-2-7(4-8)9-5-12-6-11-9;/h1-5H,10H2;/q-1;. The molecule has 0 spiro atoms. The number of benzene rings is 1. The summed E-state index contributed by atoms with van der Waals surface area (Å²) in [5, 5.41) is 0. The van der Waals surface area contributed by atoms with Gasteiger partial charge in [0, 0.05) is 26.1 Å². The molecule has 0 fully saturated rings. The molecule has 1 aromatic heterocycles. The van der Waals surface area contributed by atoms with Gasteiger partial charge in [-0.1, -0.05) is 17.7 Å². The fourth-order valence-electron chi connectivity index (χ4n) is 1.01. The van der Waals surface area contributed by atoms with Gasteiger partial charge in [0.15, 0.2) is 0 Å². The Morgan fingerprint density at radius 2 is 2.23 bits per heavy atom. The fourth-order valence-corrected chi connectivity index (χ4v) is 1.01. The molecule has 2 N–H and O–H groups in total. The molecule has 2 aromatic rings. The zero-order chi connectivity index (χ0) is 8.39. The zero-order valence-corrected chi connectivity index (χ0v) is 9.41. The first kappa shape index (κ1) is 9.98. The van der Waals surface area contributed by atoms with Crippen molar-refractivity contribution >= 4 is 5.69 Å². The van der Waals surface area contributed by atoms with E-state index in [1.165, 1.54) is 6.26 Å². The number of nitrogens with two attached hydrogens (primary N) is 1. The Morgan fingerprint density at radius 3 is 2.85 bits per heavy atom. The van der Waals surface area contributed by atoms with Crippen LogP contribution in [0.25, 0.3) is 11.3 Å². The predicted octanol–water partition coefficient (Wildman–Crippen LogP) is 1.72. The molecule has 0 saturated heterocycles. The van der Waals surface area contributed by atoms with Crippen LogP contribution in [0.2, 0.25) is 0 Å². The molecule has 0 bridgehead atoms. The number of aromatic nitrogens is 1. The summed E-state index contributed by atoms with van der Waals surface area (Å²) in [6.07, 6.45) is 3.92. The maximum Gasteiger partial charge on any atom is 0.102 e. The Hall–Kier alpha value is -1.11. The monoisotopic (exact) mass is 346 g/mol. The second kappa shape index (κ2) is 4.22. The van der Waals surface area contributed by atoms with Crippen molar-refractivity contribution in [2.45, 2.75) is 0 Å². The predicted molar refractivity (Wildman–Crippen MR) is 45.2 cm³/mol. The van der Waals surface area contributed by atoms with E-state index in [4.69, 9.17) is 10.2 Å². The van der Waals surface area contributed by atoms with Crippen LogP contribution in [0.1, 0.15) is 0 Å². The molecule has 0 unspecified atom stereocenters. The second-order valence-electron chi connectivity index (χ2n) is 2.45. The van der Waals surface area contributed by atoms with E-state index in [1.807, 2.05) is 24.3 Å². The van der Waals surface area contributed by atoms with Gasteiger partial charge >= 0.3 is 0 Å². The van der Waals surface area contributed by atoms with Crippen molar-refractivity contribution in [3.05, 3.63) is 36.9 Å². The molecule has 13 heavy (non-hydrogen) atoms. The quantitative estimate of drug-likeness (QED) is 0.633. The van der Waals surface area contributed by atoms with Crippen molar-refractivity contribution in [1.29, 1.82) is 0 Å². The van der Waals surface area contributed by atoms with Crippen molar-refractivity contribution in [1.82, 2.24) is 4.98 Å². The van der Waals surface area contributed by atoms with E-state index in [0.717, 1.165) is 16.9 Å². The molecular weight excluding hydrogens is 338 g/mol. The molecule has 0 aliphatic rings. The minimum atomic E-state index is 0. The van der Waals surface area contributed by atoms with E-state index in [1.54, 1.807) is 0 Å². The summed E-state index contributed by atoms with van der Waals surface area (Å²) in [4.78, 5) is 3.88. The van der Waals surface area contributed by atoms with Gasteiger partial charge in [-0.2, -0.15) is 0 Å². The molecule has 0 saturated carbocycles. The molecule has 1 heterocycles. The van der Waals surface area contributed by atoms with Crippen molar-refractivity contribution in [2.75, 3.05) is 5.73 Å². The first-order chi connectivity index (χ1) is 5.86. The molecule has 4 heteroatoms.